The highest BCUT2D eigenvalue weighted by Crippen LogP contribution is 2.18. The molecule has 1 atom stereocenters. The first kappa shape index (κ1) is 18.4. The number of benzene rings is 2. The third-order valence-electron chi connectivity index (χ3n) is 3.73. The Morgan fingerprint density at radius 3 is 2.38 bits per heavy atom. The molecule has 0 saturated heterocycles. The van der Waals surface area contributed by atoms with E-state index < -0.39 is 16.1 Å². The number of hydrogen-bond acceptors (Lipinski definition) is 4. The van der Waals surface area contributed by atoms with Crippen LogP contribution in [0.25, 0.3) is 0 Å². The Morgan fingerprint density at radius 2 is 1.79 bits per heavy atom. The molecule has 24 heavy (non-hydrogen) atoms. The maximum absolute atomic E-state index is 12.2. The summed E-state index contributed by atoms with van der Waals surface area (Å²) in [6.07, 6.45) is -0.881. The smallest absolute Gasteiger partial charge is 0.215 e. The third kappa shape index (κ3) is 5.33. The SMILES string of the molecule is Cc1cccc(CS(=O)(=O)NC[C@H](O)c2ccc(N(C)C)cc2)c1. The Bertz CT molecular complexity index is 771. The molecule has 2 rings (SSSR count). The monoisotopic (exact) mass is 348 g/mol. The van der Waals surface area contributed by atoms with Crippen molar-refractivity contribution in [1.29, 1.82) is 0 Å². The largest absolute Gasteiger partial charge is 0.387 e. The normalized spacial score (nSPS) is 12.8. The van der Waals surface area contributed by atoms with Gasteiger partial charge in [-0.2, -0.15) is 0 Å². The number of rotatable bonds is 7. The van der Waals surface area contributed by atoms with Gasteiger partial charge in [-0.25, -0.2) is 13.1 Å². The summed E-state index contributed by atoms with van der Waals surface area (Å²) in [7, 11) is 0.376. The van der Waals surface area contributed by atoms with Gasteiger partial charge in [-0.15, -0.1) is 0 Å². The van der Waals surface area contributed by atoms with Crippen LogP contribution in [0.3, 0.4) is 0 Å². The van der Waals surface area contributed by atoms with Crippen LogP contribution in [-0.2, 0) is 15.8 Å². The van der Waals surface area contributed by atoms with Crippen molar-refractivity contribution in [2.45, 2.75) is 18.8 Å². The molecule has 2 aromatic rings. The van der Waals surface area contributed by atoms with Crippen molar-refractivity contribution in [1.82, 2.24) is 4.72 Å². The molecule has 2 aromatic carbocycles. The molecule has 0 aliphatic rings. The zero-order valence-electron chi connectivity index (χ0n) is 14.2. The molecule has 0 heterocycles. The summed E-state index contributed by atoms with van der Waals surface area (Å²) in [5.74, 6) is -0.0963. The van der Waals surface area contributed by atoms with E-state index in [-0.39, 0.29) is 12.3 Å². The molecule has 0 spiro atoms. The molecule has 5 nitrogen and oxygen atoms in total. The van der Waals surface area contributed by atoms with Crippen LogP contribution in [0.4, 0.5) is 5.69 Å². The van der Waals surface area contributed by atoms with E-state index in [1.54, 1.807) is 18.2 Å². The van der Waals surface area contributed by atoms with Crippen LogP contribution in [0.2, 0.25) is 0 Å². The van der Waals surface area contributed by atoms with E-state index in [0.717, 1.165) is 16.8 Å². The van der Waals surface area contributed by atoms with Gasteiger partial charge in [-0.05, 0) is 30.2 Å². The number of sulfonamides is 1. The molecule has 6 heteroatoms. The molecule has 0 amide bonds. The van der Waals surface area contributed by atoms with Gasteiger partial charge in [-0.3, -0.25) is 0 Å². The van der Waals surface area contributed by atoms with Crippen LogP contribution in [0.5, 0.6) is 0 Å². The zero-order chi connectivity index (χ0) is 17.7. The highest BCUT2D eigenvalue weighted by molar-refractivity contribution is 7.88. The fourth-order valence-corrected chi connectivity index (χ4v) is 3.52. The van der Waals surface area contributed by atoms with Crippen LogP contribution in [0.15, 0.2) is 48.5 Å². The summed E-state index contributed by atoms with van der Waals surface area (Å²) in [5, 5.41) is 10.2. The number of anilines is 1. The van der Waals surface area contributed by atoms with E-state index >= 15 is 0 Å². The lowest BCUT2D eigenvalue weighted by atomic mass is 10.1. The predicted octanol–water partition coefficient (Wildman–Crippen LogP) is 2.21. The standard InChI is InChI=1S/C18H24N2O3S/c1-14-5-4-6-15(11-14)13-24(22,23)19-12-18(21)16-7-9-17(10-8-16)20(2)3/h4-11,18-19,21H,12-13H2,1-3H3/t18-/m0/s1. The van der Waals surface area contributed by atoms with Gasteiger partial charge in [0.2, 0.25) is 10.0 Å². The number of nitrogens with zero attached hydrogens (tertiary/aromatic N) is 1. The third-order valence-corrected chi connectivity index (χ3v) is 5.05. The lowest BCUT2D eigenvalue weighted by molar-refractivity contribution is 0.182. The van der Waals surface area contributed by atoms with Gasteiger partial charge in [0.15, 0.2) is 0 Å². The molecule has 0 radical (unpaired) electrons. The Kier molecular flexibility index (Phi) is 5.99. The van der Waals surface area contributed by atoms with Crippen molar-refractivity contribution < 1.29 is 13.5 Å². The first-order valence-electron chi connectivity index (χ1n) is 7.75. The maximum Gasteiger partial charge on any atom is 0.215 e. The van der Waals surface area contributed by atoms with Gasteiger partial charge < -0.3 is 10.0 Å². The van der Waals surface area contributed by atoms with E-state index in [0.29, 0.717) is 5.56 Å². The minimum absolute atomic E-state index is 0.0462. The lowest BCUT2D eigenvalue weighted by Gasteiger charge is -2.16. The highest BCUT2D eigenvalue weighted by atomic mass is 32.2. The predicted molar refractivity (Wildman–Crippen MR) is 97.5 cm³/mol. The maximum atomic E-state index is 12.2. The van der Waals surface area contributed by atoms with E-state index in [2.05, 4.69) is 4.72 Å². The molecule has 0 aliphatic carbocycles. The highest BCUT2D eigenvalue weighted by Gasteiger charge is 2.15. The topological polar surface area (TPSA) is 69.6 Å². The summed E-state index contributed by atoms with van der Waals surface area (Å²) in [6.45, 7) is 1.88. The van der Waals surface area contributed by atoms with E-state index in [9.17, 15) is 13.5 Å². The van der Waals surface area contributed by atoms with Crippen molar-refractivity contribution in [3.8, 4) is 0 Å². The summed E-state index contributed by atoms with van der Waals surface area (Å²) >= 11 is 0. The van der Waals surface area contributed by atoms with E-state index in [1.165, 1.54) is 0 Å². The molecule has 130 valence electrons. The van der Waals surface area contributed by atoms with Crippen molar-refractivity contribution in [2.24, 2.45) is 0 Å². The summed E-state index contributed by atoms with van der Waals surface area (Å²) < 4.78 is 26.8. The zero-order valence-corrected chi connectivity index (χ0v) is 15.0. The molecule has 2 N–H and O–H groups in total. The first-order valence-corrected chi connectivity index (χ1v) is 9.40. The lowest BCUT2D eigenvalue weighted by Crippen LogP contribution is -2.29. The fraction of sp³-hybridized carbons (Fsp3) is 0.333. The van der Waals surface area contributed by atoms with Crippen molar-refractivity contribution in [3.63, 3.8) is 0 Å². The number of hydrogen-bond donors (Lipinski definition) is 2. The van der Waals surface area contributed by atoms with Gasteiger partial charge in [0.1, 0.15) is 0 Å². The Hall–Kier alpha value is -1.89. The minimum Gasteiger partial charge on any atom is -0.387 e. The van der Waals surface area contributed by atoms with Crippen molar-refractivity contribution in [3.05, 3.63) is 65.2 Å². The average Bonchev–Trinajstić information content (AvgIpc) is 2.52. The van der Waals surface area contributed by atoms with Crippen LogP contribution in [0, 0.1) is 6.92 Å². The number of aliphatic hydroxyl groups is 1. The first-order chi connectivity index (χ1) is 11.3. The molecular weight excluding hydrogens is 324 g/mol. The Morgan fingerprint density at radius 1 is 1.12 bits per heavy atom. The number of aliphatic hydroxyl groups excluding tert-OH is 1. The minimum atomic E-state index is -3.49. The molecule has 0 aromatic heterocycles. The molecule has 0 unspecified atom stereocenters. The van der Waals surface area contributed by atoms with Crippen LogP contribution in [0.1, 0.15) is 22.8 Å². The molecule has 0 bridgehead atoms. The molecule has 0 saturated carbocycles. The van der Waals surface area contributed by atoms with Crippen LogP contribution < -0.4 is 9.62 Å². The van der Waals surface area contributed by atoms with E-state index in [4.69, 9.17) is 0 Å². The molecule has 0 aliphatic heterocycles. The van der Waals surface area contributed by atoms with Gasteiger partial charge in [0.05, 0.1) is 11.9 Å². The van der Waals surface area contributed by atoms with Gasteiger partial charge in [-0.1, -0.05) is 42.0 Å². The van der Waals surface area contributed by atoms with Crippen LogP contribution >= 0.6 is 0 Å². The average molecular weight is 348 g/mol. The summed E-state index contributed by atoms with van der Waals surface area (Å²) in [6, 6.07) is 14.8. The van der Waals surface area contributed by atoms with Crippen molar-refractivity contribution >= 4 is 15.7 Å². The fourth-order valence-electron chi connectivity index (χ4n) is 2.39. The number of nitrogens with one attached hydrogen (secondary N) is 1. The molecular formula is C18H24N2O3S. The van der Waals surface area contributed by atoms with Gasteiger partial charge in [0, 0.05) is 26.3 Å². The summed E-state index contributed by atoms with van der Waals surface area (Å²) in [4.78, 5) is 1.96. The quantitative estimate of drug-likeness (QED) is 0.805. The number of aryl methyl sites for hydroxylation is 1. The second-order valence-electron chi connectivity index (χ2n) is 6.10. The summed E-state index contributed by atoms with van der Waals surface area (Å²) in [5.41, 5.74) is 3.45. The Labute approximate surface area is 144 Å². The molecule has 0 fully saturated rings. The van der Waals surface area contributed by atoms with E-state index in [1.807, 2.05) is 56.3 Å². The second kappa shape index (κ2) is 7.79. The second-order valence-corrected chi connectivity index (χ2v) is 7.91. The van der Waals surface area contributed by atoms with Gasteiger partial charge in [0.25, 0.3) is 0 Å². The Balaban J connectivity index is 1.95. The van der Waals surface area contributed by atoms with Crippen molar-refractivity contribution in [2.75, 3.05) is 25.5 Å². The van der Waals surface area contributed by atoms with Gasteiger partial charge >= 0.3 is 0 Å². The van der Waals surface area contributed by atoms with Crippen LogP contribution in [-0.4, -0.2) is 34.2 Å².